The summed E-state index contributed by atoms with van der Waals surface area (Å²) in [7, 11) is -3.77. The molecule has 1 aromatic rings. The lowest BCUT2D eigenvalue weighted by Crippen LogP contribution is -2.23. The van der Waals surface area contributed by atoms with Crippen LogP contribution in [-0.2, 0) is 22.0 Å². The van der Waals surface area contributed by atoms with Crippen LogP contribution in [0.25, 0.3) is 4.91 Å². The highest BCUT2D eigenvalue weighted by molar-refractivity contribution is 7.95. The van der Waals surface area contributed by atoms with Crippen molar-refractivity contribution < 1.29 is 22.9 Å². The number of anilines is 1. The van der Waals surface area contributed by atoms with Gasteiger partial charge in [0.2, 0.25) is 5.88 Å². The van der Waals surface area contributed by atoms with Gasteiger partial charge in [0.25, 0.3) is 5.56 Å². The smallest absolute Gasteiger partial charge is 0.306 e. The number of rotatable bonds is 2. The number of pyridine rings is 1. The van der Waals surface area contributed by atoms with Crippen LogP contribution in [0.1, 0.15) is 11.1 Å². The Balaban J connectivity index is 3.95. The molecule has 4 N–H and O–H groups in total. The lowest BCUT2D eigenvalue weighted by Gasteiger charge is -2.12. The van der Waals surface area contributed by atoms with Gasteiger partial charge < -0.3 is 10.8 Å². The molecule has 0 fully saturated rings. The van der Waals surface area contributed by atoms with Gasteiger partial charge in [-0.1, -0.05) is 0 Å². The van der Waals surface area contributed by atoms with E-state index in [1.165, 1.54) is 6.92 Å². The highest BCUT2D eigenvalue weighted by Crippen LogP contribution is 2.30. The van der Waals surface area contributed by atoms with Crippen molar-refractivity contribution in [2.24, 2.45) is 7.05 Å². The molecule has 0 aromatic carbocycles. The van der Waals surface area contributed by atoms with E-state index in [0.29, 0.717) is 4.57 Å². The van der Waals surface area contributed by atoms with Gasteiger partial charge in [-0.15, -0.1) is 0 Å². The molecule has 0 aliphatic carbocycles. The van der Waals surface area contributed by atoms with Gasteiger partial charge >= 0.3 is 10.1 Å². The number of hydrogen-bond acceptors (Lipinski definition) is 6. The van der Waals surface area contributed by atoms with Crippen LogP contribution in [0.2, 0.25) is 0 Å². The molecule has 1 aromatic heterocycles. The molecule has 0 aliphatic heterocycles. The van der Waals surface area contributed by atoms with Crippen LogP contribution in [0, 0.1) is 6.92 Å². The Morgan fingerprint density at radius 3 is 2.33 bits per heavy atom. The van der Waals surface area contributed by atoms with Gasteiger partial charge in [0.05, 0.1) is 5.56 Å². The number of aromatic hydroxyl groups is 1. The second-order valence-corrected chi connectivity index (χ2v) is 4.87. The van der Waals surface area contributed by atoms with Gasteiger partial charge in [0, 0.05) is 7.05 Å². The molecule has 0 saturated carbocycles. The van der Waals surface area contributed by atoms with Crippen LogP contribution in [-0.4, -0.2) is 28.6 Å². The summed E-state index contributed by atoms with van der Waals surface area (Å²) < 4.78 is 31.5. The molecule has 1 rings (SSSR count). The summed E-state index contributed by atoms with van der Waals surface area (Å²) in [5.41, 5.74) is 3.64. The molecule has 0 amide bonds. The standard InChI is InChI=1S/C9H10N2O6S/c1-4-6(5(3-12)18(15,16)17)8(13)11(2)9(14)7(4)10/h13H,10H2,1-2H3,(H,15,16,17). The molecule has 0 unspecified atom stereocenters. The lowest BCUT2D eigenvalue weighted by atomic mass is 10.1. The fraction of sp³-hybridized carbons (Fsp3) is 0.222. The van der Waals surface area contributed by atoms with E-state index in [0.717, 1.165) is 13.0 Å². The van der Waals surface area contributed by atoms with Gasteiger partial charge in [-0.25, -0.2) is 4.79 Å². The normalized spacial score (nSPS) is 11.1. The second kappa shape index (κ2) is 4.30. The molecule has 98 valence electrons. The Morgan fingerprint density at radius 1 is 1.44 bits per heavy atom. The molecule has 9 heteroatoms. The van der Waals surface area contributed by atoms with E-state index in [4.69, 9.17) is 10.3 Å². The minimum Gasteiger partial charge on any atom is -0.494 e. The first-order valence-electron chi connectivity index (χ1n) is 4.53. The van der Waals surface area contributed by atoms with Gasteiger partial charge in [-0.3, -0.25) is 13.9 Å². The quantitative estimate of drug-likeness (QED) is 0.466. The van der Waals surface area contributed by atoms with Crippen LogP contribution < -0.4 is 11.3 Å². The zero-order chi connectivity index (χ0) is 14.2. The maximum Gasteiger partial charge on any atom is 0.306 e. The third-order valence-corrected chi connectivity index (χ3v) is 3.24. The molecule has 0 bridgehead atoms. The first-order valence-corrected chi connectivity index (χ1v) is 5.98. The monoisotopic (exact) mass is 274 g/mol. The molecule has 0 aliphatic rings. The molecule has 0 radical (unpaired) electrons. The summed E-state index contributed by atoms with van der Waals surface area (Å²) >= 11 is 0. The molecule has 18 heavy (non-hydrogen) atoms. The topological polar surface area (TPSA) is 140 Å². The minimum absolute atomic E-state index is 0.133. The van der Waals surface area contributed by atoms with Crippen LogP contribution in [0.15, 0.2) is 4.79 Å². The maximum absolute atomic E-state index is 11.5. The number of aromatic nitrogens is 1. The Morgan fingerprint density at radius 2 is 1.94 bits per heavy atom. The highest BCUT2D eigenvalue weighted by Gasteiger charge is 2.27. The molecule has 0 atom stereocenters. The fourth-order valence-corrected chi connectivity index (χ4v) is 2.02. The average Bonchev–Trinajstić information content (AvgIpc) is 2.27. The molecular weight excluding hydrogens is 264 g/mol. The van der Waals surface area contributed by atoms with E-state index in [1.54, 1.807) is 0 Å². The lowest BCUT2D eigenvalue weighted by molar-refractivity contribution is 0.421. The number of carbonyl (C=O) groups excluding carboxylic acids is 1. The first kappa shape index (κ1) is 14.0. The number of nitrogen functional groups attached to an aromatic ring is 1. The van der Waals surface area contributed by atoms with Crippen molar-refractivity contribution in [3.05, 3.63) is 21.5 Å². The van der Waals surface area contributed by atoms with Crippen molar-refractivity contribution in [3.8, 4) is 5.88 Å². The summed E-state index contributed by atoms with van der Waals surface area (Å²) in [5.74, 6) is 0.209. The summed E-state index contributed by atoms with van der Waals surface area (Å²) in [6, 6.07) is 0. The van der Waals surface area contributed by atoms with E-state index in [-0.39, 0.29) is 11.3 Å². The zero-order valence-electron chi connectivity index (χ0n) is 9.46. The van der Waals surface area contributed by atoms with E-state index in [2.05, 4.69) is 0 Å². The zero-order valence-corrected chi connectivity index (χ0v) is 10.3. The molecule has 0 spiro atoms. The van der Waals surface area contributed by atoms with E-state index in [9.17, 15) is 23.1 Å². The van der Waals surface area contributed by atoms with Crippen molar-refractivity contribution in [2.75, 3.05) is 5.73 Å². The van der Waals surface area contributed by atoms with Crippen molar-refractivity contribution in [3.63, 3.8) is 0 Å². The third kappa shape index (κ3) is 2.02. The van der Waals surface area contributed by atoms with Crippen molar-refractivity contribution in [2.45, 2.75) is 6.92 Å². The van der Waals surface area contributed by atoms with Crippen molar-refractivity contribution in [1.29, 1.82) is 0 Å². The predicted molar refractivity (Wildman–Crippen MR) is 63.1 cm³/mol. The predicted octanol–water partition coefficient (Wildman–Crippen LogP) is -0.958. The first-order chi connectivity index (χ1) is 8.12. The number of hydrogen-bond donors (Lipinski definition) is 3. The van der Waals surface area contributed by atoms with E-state index in [1.807, 2.05) is 0 Å². The molecule has 0 saturated heterocycles. The third-order valence-electron chi connectivity index (χ3n) is 2.43. The Kier molecular flexibility index (Phi) is 3.34. The van der Waals surface area contributed by atoms with Crippen molar-refractivity contribution >= 4 is 26.7 Å². The van der Waals surface area contributed by atoms with E-state index < -0.39 is 32.0 Å². The summed E-state index contributed by atoms with van der Waals surface area (Å²) in [6.07, 6.45) is 0. The largest absolute Gasteiger partial charge is 0.494 e. The highest BCUT2D eigenvalue weighted by atomic mass is 32.2. The summed E-state index contributed by atoms with van der Waals surface area (Å²) in [6.45, 7) is 1.23. The van der Waals surface area contributed by atoms with Gasteiger partial charge in [0.1, 0.15) is 11.6 Å². The van der Waals surface area contributed by atoms with Crippen molar-refractivity contribution in [1.82, 2.24) is 4.57 Å². The van der Waals surface area contributed by atoms with Gasteiger partial charge in [-0.2, -0.15) is 8.42 Å². The van der Waals surface area contributed by atoms with E-state index >= 15 is 0 Å². The minimum atomic E-state index is -4.90. The molecule has 8 nitrogen and oxygen atoms in total. The van der Waals surface area contributed by atoms with Crippen LogP contribution in [0.4, 0.5) is 5.69 Å². The maximum atomic E-state index is 11.5. The van der Waals surface area contributed by atoms with Crippen LogP contribution in [0.5, 0.6) is 5.88 Å². The van der Waals surface area contributed by atoms with Crippen LogP contribution >= 0.6 is 0 Å². The summed E-state index contributed by atoms with van der Waals surface area (Å²) in [4.78, 5) is 20.9. The fourth-order valence-electron chi connectivity index (χ4n) is 1.41. The molecular formula is C9H10N2O6S. The SMILES string of the molecule is Cc1c(C(=C=O)S(=O)(=O)O)c(O)n(C)c(=O)c1N. The number of nitrogens with zero attached hydrogens (tertiary/aromatic N) is 1. The second-order valence-electron chi connectivity index (χ2n) is 3.51. The Hall–Kier alpha value is -2.09. The molecule has 1 heterocycles. The van der Waals surface area contributed by atoms with Crippen LogP contribution in [0.3, 0.4) is 0 Å². The summed E-state index contributed by atoms with van der Waals surface area (Å²) in [5, 5.41) is 9.68. The Bertz CT molecular complexity index is 692. The van der Waals surface area contributed by atoms with Gasteiger partial charge in [-0.05, 0) is 12.5 Å². The average molecular weight is 274 g/mol. The number of nitrogens with two attached hydrogens (primary N) is 1. The Labute approximate surface area is 102 Å². The van der Waals surface area contributed by atoms with Gasteiger partial charge in [0.15, 0.2) is 4.91 Å².